The Kier molecular flexibility index (Phi) is 6.39. The molecule has 6 nitrogen and oxygen atoms in total. The van der Waals surface area contributed by atoms with Gasteiger partial charge in [0.1, 0.15) is 0 Å². The van der Waals surface area contributed by atoms with Crippen LogP contribution >= 0.6 is 0 Å². The van der Waals surface area contributed by atoms with E-state index in [4.69, 9.17) is 5.11 Å². The van der Waals surface area contributed by atoms with Gasteiger partial charge in [-0.3, -0.25) is 10.1 Å². The monoisotopic (exact) mass is 296 g/mol. The number of likely N-dealkylation sites (tertiary alicyclic amines) is 1. The Balaban J connectivity index is 2.73. The standard InChI is InChI=1S/C15H24N2O4/c1-4-7-12-8-5-6-9-17(12)15(21)16-13(18)10(2)11(3)14(19)20/h12H,4-9H2,1-3H3,(H,19,20)(H,16,18,21). The van der Waals surface area contributed by atoms with E-state index in [2.05, 4.69) is 12.2 Å². The molecule has 3 amide bonds. The number of imide groups is 1. The molecule has 6 heteroatoms. The van der Waals surface area contributed by atoms with E-state index in [-0.39, 0.29) is 17.2 Å². The lowest BCUT2D eigenvalue weighted by Crippen LogP contribution is -2.50. The lowest BCUT2D eigenvalue weighted by Gasteiger charge is -2.35. The van der Waals surface area contributed by atoms with Crippen LogP contribution in [0.4, 0.5) is 4.79 Å². The predicted molar refractivity (Wildman–Crippen MR) is 78.8 cm³/mol. The maximum Gasteiger partial charge on any atom is 0.331 e. The molecule has 0 bridgehead atoms. The fraction of sp³-hybridized carbons (Fsp3) is 0.667. The first-order valence-electron chi connectivity index (χ1n) is 7.41. The number of piperidine rings is 1. The van der Waals surface area contributed by atoms with Crippen LogP contribution in [0.3, 0.4) is 0 Å². The Morgan fingerprint density at radius 1 is 1.19 bits per heavy atom. The lowest BCUT2D eigenvalue weighted by molar-refractivity contribution is -0.133. The van der Waals surface area contributed by atoms with Crippen molar-refractivity contribution in [2.45, 2.75) is 58.9 Å². The van der Waals surface area contributed by atoms with Gasteiger partial charge in [0.05, 0.1) is 0 Å². The molecule has 1 atom stereocenters. The third-order valence-corrected chi connectivity index (χ3v) is 3.95. The van der Waals surface area contributed by atoms with Crippen LogP contribution in [0.5, 0.6) is 0 Å². The predicted octanol–water partition coefficient (Wildman–Crippen LogP) is 2.30. The highest BCUT2D eigenvalue weighted by Gasteiger charge is 2.27. The molecule has 1 heterocycles. The highest BCUT2D eigenvalue weighted by molar-refractivity contribution is 6.07. The molecule has 1 fully saturated rings. The van der Waals surface area contributed by atoms with Gasteiger partial charge in [-0.15, -0.1) is 0 Å². The van der Waals surface area contributed by atoms with E-state index >= 15 is 0 Å². The highest BCUT2D eigenvalue weighted by Crippen LogP contribution is 2.20. The lowest BCUT2D eigenvalue weighted by atomic mass is 9.99. The van der Waals surface area contributed by atoms with Crippen molar-refractivity contribution < 1.29 is 19.5 Å². The molecule has 0 aliphatic carbocycles. The number of urea groups is 1. The number of carbonyl (C=O) groups excluding carboxylic acids is 2. The second kappa shape index (κ2) is 7.81. The SMILES string of the molecule is CCCC1CCCCN1C(=O)NC(=O)C(C)=C(C)C(=O)O. The van der Waals surface area contributed by atoms with Gasteiger partial charge in [-0.1, -0.05) is 13.3 Å². The summed E-state index contributed by atoms with van der Waals surface area (Å²) in [6, 6.07) is -0.253. The molecule has 0 saturated carbocycles. The summed E-state index contributed by atoms with van der Waals surface area (Å²) in [6.45, 7) is 5.47. The molecular formula is C15H24N2O4. The number of hydrogen-bond acceptors (Lipinski definition) is 3. The van der Waals surface area contributed by atoms with E-state index in [0.29, 0.717) is 6.54 Å². The maximum atomic E-state index is 12.2. The smallest absolute Gasteiger partial charge is 0.331 e. The number of carboxylic acid groups (broad SMARTS) is 1. The number of rotatable bonds is 4. The van der Waals surface area contributed by atoms with Gasteiger partial charge in [0, 0.05) is 23.7 Å². The van der Waals surface area contributed by atoms with Gasteiger partial charge in [0.25, 0.3) is 5.91 Å². The Bertz CT molecular complexity index is 455. The van der Waals surface area contributed by atoms with Gasteiger partial charge in [0.15, 0.2) is 0 Å². The molecule has 0 aromatic carbocycles. The van der Waals surface area contributed by atoms with Crippen molar-refractivity contribution in [3.63, 3.8) is 0 Å². The molecule has 1 aliphatic heterocycles. The van der Waals surface area contributed by atoms with Crippen molar-refractivity contribution in [3.8, 4) is 0 Å². The van der Waals surface area contributed by atoms with E-state index in [1.807, 2.05) is 0 Å². The average molecular weight is 296 g/mol. The maximum absolute atomic E-state index is 12.2. The van der Waals surface area contributed by atoms with Crippen LogP contribution in [0.1, 0.15) is 52.9 Å². The summed E-state index contributed by atoms with van der Waals surface area (Å²) >= 11 is 0. The molecule has 1 unspecified atom stereocenters. The molecule has 118 valence electrons. The fourth-order valence-corrected chi connectivity index (χ4v) is 2.49. The largest absolute Gasteiger partial charge is 0.478 e. The average Bonchev–Trinajstić information content (AvgIpc) is 2.46. The van der Waals surface area contributed by atoms with Gasteiger partial charge in [-0.25, -0.2) is 9.59 Å². The first-order chi connectivity index (χ1) is 9.88. The van der Waals surface area contributed by atoms with E-state index in [1.54, 1.807) is 4.90 Å². The minimum atomic E-state index is -1.16. The molecule has 2 N–H and O–H groups in total. The summed E-state index contributed by atoms with van der Waals surface area (Å²) in [5.74, 6) is -1.79. The third-order valence-electron chi connectivity index (χ3n) is 3.95. The zero-order chi connectivity index (χ0) is 16.0. The molecule has 1 rings (SSSR count). The molecular weight excluding hydrogens is 272 g/mol. The van der Waals surface area contributed by atoms with Gasteiger partial charge < -0.3 is 10.0 Å². The number of hydrogen-bond donors (Lipinski definition) is 2. The van der Waals surface area contributed by atoms with Crippen LogP contribution in [-0.2, 0) is 9.59 Å². The van der Waals surface area contributed by atoms with Gasteiger partial charge in [-0.05, 0) is 39.5 Å². The van der Waals surface area contributed by atoms with E-state index in [0.717, 1.165) is 32.1 Å². The number of aliphatic carboxylic acids is 1. The topological polar surface area (TPSA) is 86.7 Å². The normalized spacial score (nSPS) is 19.8. The Morgan fingerprint density at radius 2 is 1.86 bits per heavy atom. The Hall–Kier alpha value is -1.85. The first kappa shape index (κ1) is 17.2. The van der Waals surface area contributed by atoms with Gasteiger partial charge in [-0.2, -0.15) is 0 Å². The third kappa shape index (κ3) is 4.58. The molecule has 0 radical (unpaired) electrons. The number of amides is 3. The van der Waals surface area contributed by atoms with Crippen LogP contribution < -0.4 is 5.32 Å². The Labute approximate surface area is 125 Å². The number of nitrogens with one attached hydrogen (secondary N) is 1. The molecule has 0 aromatic heterocycles. The van der Waals surface area contributed by atoms with Crippen LogP contribution in [0.25, 0.3) is 0 Å². The number of carboxylic acids is 1. The van der Waals surface area contributed by atoms with Crippen molar-refractivity contribution in [3.05, 3.63) is 11.1 Å². The van der Waals surface area contributed by atoms with Gasteiger partial charge in [0.2, 0.25) is 0 Å². The van der Waals surface area contributed by atoms with E-state index in [9.17, 15) is 14.4 Å². The van der Waals surface area contributed by atoms with Crippen LogP contribution in [0.15, 0.2) is 11.1 Å². The van der Waals surface area contributed by atoms with E-state index in [1.165, 1.54) is 13.8 Å². The summed E-state index contributed by atoms with van der Waals surface area (Å²) in [6.07, 6.45) is 4.90. The molecule has 1 saturated heterocycles. The van der Waals surface area contributed by atoms with Gasteiger partial charge >= 0.3 is 12.0 Å². The summed E-state index contributed by atoms with van der Waals surface area (Å²) in [5.41, 5.74) is 0.00366. The summed E-state index contributed by atoms with van der Waals surface area (Å²) in [7, 11) is 0. The summed E-state index contributed by atoms with van der Waals surface area (Å²) in [5, 5.41) is 11.2. The highest BCUT2D eigenvalue weighted by atomic mass is 16.4. The fourth-order valence-electron chi connectivity index (χ4n) is 2.49. The van der Waals surface area contributed by atoms with Crippen LogP contribution in [-0.4, -0.2) is 40.5 Å². The van der Waals surface area contributed by atoms with Crippen LogP contribution in [0.2, 0.25) is 0 Å². The minimum Gasteiger partial charge on any atom is -0.478 e. The molecule has 1 aliphatic rings. The molecule has 0 aromatic rings. The number of nitrogens with zero attached hydrogens (tertiary/aromatic N) is 1. The van der Waals surface area contributed by atoms with E-state index < -0.39 is 17.9 Å². The van der Waals surface area contributed by atoms with Crippen molar-refractivity contribution in [1.82, 2.24) is 10.2 Å². The second-order valence-corrected chi connectivity index (χ2v) is 5.45. The zero-order valence-electron chi connectivity index (χ0n) is 12.9. The summed E-state index contributed by atoms with van der Waals surface area (Å²) in [4.78, 5) is 36.7. The first-order valence-corrected chi connectivity index (χ1v) is 7.41. The minimum absolute atomic E-state index is 0.0518. The van der Waals surface area contributed by atoms with Crippen molar-refractivity contribution in [2.75, 3.05) is 6.54 Å². The second-order valence-electron chi connectivity index (χ2n) is 5.45. The number of carbonyl (C=O) groups is 3. The van der Waals surface area contributed by atoms with Crippen molar-refractivity contribution >= 4 is 17.9 Å². The van der Waals surface area contributed by atoms with Crippen LogP contribution in [0, 0.1) is 0 Å². The summed E-state index contributed by atoms with van der Waals surface area (Å²) < 4.78 is 0. The molecule has 21 heavy (non-hydrogen) atoms. The zero-order valence-corrected chi connectivity index (χ0v) is 12.9. The molecule has 0 spiro atoms. The van der Waals surface area contributed by atoms with Crippen molar-refractivity contribution in [2.24, 2.45) is 0 Å². The quantitative estimate of drug-likeness (QED) is 0.779. The Morgan fingerprint density at radius 3 is 2.43 bits per heavy atom. The van der Waals surface area contributed by atoms with Crippen molar-refractivity contribution in [1.29, 1.82) is 0 Å².